The number of nitrogens with zero attached hydrogens (tertiary/aromatic N) is 4. The standard InChI is InChI=1S/C10H15N5S2/c1-7-5-16-9(12-7)6-17-10-14-13-8(2)15(10)4-3-11/h5H,3-4,6,11H2,1-2H3. The molecule has 5 nitrogen and oxygen atoms in total. The first-order valence-corrected chi connectivity index (χ1v) is 7.21. The van der Waals surface area contributed by atoms with Crippen LogP contribution in [0.15, 0.2) is 10.5 Å². The van der Waals surface area contributed by atoms with E-state index in [1.807, 2.05) is 18.4 Å². The second-order valence-corrected chi connectivity index (χ2v) is 5.53. The molecule has 0 amide bonds. The summed E-state index contributed by atoms with van der Waals surface area (Å²) >= 11 is 3.34. The number of thioether (sulfide) groups is 1. The van der Waals surface area contributed by atoms with E-state index in [1.165, 1.54) is 0 Å². The van der Waals surface area contributed by atoms with Crippen LogP contribution in [-0.2, 0) is 12.3 Å². The number of aromatic nitrogens is 4. The van der Waals surface area contributed by atoms with Gasteiger partial charge >= 0.3 is 0 Å². The lowest BCUT2D eigenvalue weighted by atomic mass is 10.6. The van der Waals surface area contributed by atoms with Crippen LogP contribution in [0.4, 0.5) is 0 Å². The van der Waals surface area contributed by atoms with Crippen LogP contribution < -0.4 is 5.73 Å². The summed E-state index contributed by atoms with van der Waals surface area (Å²) in [5, 5.41) is 12.3. The number of hydrogen-bond acceptors (Lipinski definition) is 6. The van der Waals surface area contributed by atoms with Crippen LogP contribution in [0.1, 0.15) is 16.5 Å². The molecule has 0 aliphatic heterocycles. The molecule has 0 radical (unpaired) electrons. The van der Waals surface area contributed by atoms with Crippen LogP contribution in [0.2, 0.25) is 0 Å². The van der Waals surface area contributed by atoms with Crippen molar-refractivity contribution in [2.75, 3.05) is 6.54 Å². The molecule has 7 heteroatoms. The third-order valence-corrected chi connectivity index (χ3v) is 4.37. The molecule has 0 atom stereocenters. The van der Waals surface area contributed by atoms with E-state index in [0.717, 1.165) is 34.0 Å². The fourth-order valence-corrected chi connectivity index (χ4v) is 3.25. The van der Waals surface area contributed by atoms with E-state index in [9.17, 15) is 0 Å². The summed E-state index contributed by atoms with van der Waals surface area (Å²) in [5.74, 6) is 1.74. The molecule has 2 rings (SSSR count). The van der Waals surface area contributed by atoms with Crippen molar-refractivity contribution in [1.82, 2.24) is 19.7 Å². The lowest BCUT2D eigenvalue weighted by Crippen LogP contribution is -2.12. The summed E-state index contributed by atoms with van der Waals surface area (Å²) in [5.41, 5.74) is 6.65. The van der Waals surface area contributed by atoms with Crippen LogP contribution in [0.3, 0.4) is 0 Å². The summed E-state index contributed by atoms with van der Waals surface area (Å²) in [6, 6.07) is 0. The fraction of sp³-hybridized carbons (Fsp3) is 0.500. The minimum Gasteiger partial charge on any atom is -0.329 e. The zero-order chi connectivity index (χ0) is 12.3. The van der Waals surface area contributed by atoms with Crippen LogP contribution in [0.5, 0.6) is 0 Å². The normalized spacial score (nSPS) is 11.0. The predicted octanol–water partition coefficient (Wildman–Crippen LogP) is 1.60. The molecule has 17 heavy (non-hydrogen) atoms. The van der Waals surface area contributed by atoms with E-state index in [-0.39, 0.29) is 0 Å². The van der Waals surface area contributed by atoms with Crippen LogP contribution in [0, 0.1) is 13.8 Å². The highest BCUT2D eigenvalue weighted by molar-refractivity contribution is 7.98. The van der Waals surface area contributed by atoms with Gasteiger partial charge in [-0.1, -0.05) is 11.8 Å². The molecule has 0 saturated carbocycles. The van der Waals surface area contributed by atoms with Crippen molar-refractivity contribution >= 4 is 23.1 Å². The number of aryl methyl sites for hydroxylation is 2. The van der Waals surface area contributed by atoms with Crippen molar-refractivity contribution in [3.63, 3.8) is 0 Å². The smallest absolute Gasteiger partial charge is 0.191 e. The van der Waals surface area contributed by atoms with E-state index in [0.29, 0.717) is 6.54 Å². The van der Waals surface area contributed by atoms with Gasteiger partial charge in [-0.25, -0.2) is 4.98 Å². The maximum Gasteiger partial charge on any atom is 0.191 e. The highest BCUT2D eigenvalue weighted by Crippen LogP contribution is 2.23. The third kappa shape index (κ3) is 3.05. The van der Waals surface area contributed by atoms with Gasteiger partial charge < -0.3 is 10.3 Å². The van der Waals surface area contributed by atoms with Crippen molar-refractivity contribution < 1.29 is 0 Å². The molecular formula is C10H15N5S2. The monoisotopic (exact) mass is 269 g/mol. The van der Waals surface area contributed by atoms with Crippen molar-refractivity contribution in [2.45, 2.75) is 31.3 Å². The molecule has 2 heterocycles. The average Bonchev–Trinajstić information content (AvgIpc) is 2.86. The molecule has 0 aliphatic carbocycles. The Bertz CT molecular complexity index is 491. The summed E-state index contributed by atoms with van der Waals surface area (Å²) in [4.78, 5) is 4.42. The van der Waals surface area contributed by atoms with Crippen LogP contribution in [-0.4, -0.2) is 26.3 Å². The predicted molar refractivity (Wildman–Crippen MR) is 70.2 cm³/mol. The molecule has 0 fully saturated rings. The van der Waals surface area contributed by atoms with Gasteiger partial charge in [0.2, 0.25) is 0 Å². The molecule has 0 aromatic carbocycles. The van der Waals surface area contributed by atoms with Gasteiger partial charge in [0, 0.05) is 24.2 Å². The average molecular weight is 269 g/mol. The summed E-state index contributed by atoms with van der Waals surface area (Å²) < 4.78 is 2.05. The molecular weight excluding hydrogens is 254 g/mol. The molecule has 2 aromatic rings. The highest BCUT2D eigenvalue weighted by Gasteiger charge is 2.09. The Kier molecular flexibility index (Phi) is 4.14. The number of hydrogen-bond donors (Lipinski definition) is 1. The van der Waals surface area contributed by atoms with Crippen LogP contribution in [0.25, 0.3) is 0 Å². The third-order valence-electron chi connectivity index (χ3n) is 2.25. The number of rotatable bonds is 5. The summed E-state index contributed by atoms with van der Waals surface area (Å²) in [6.07, 6.45) is 0. The van der Waals surface area contributed by atoms with Gasteiger partial charge in [-0.05, 0) is 13.8 Å². The Morgan fingerprint density at radius 1 is 1.41 bits per heavy atom. The lowest BCUT2D eigenvalue weighted by Gasteiger charge is -2.05. The topological polar surface area (TPSA) is 69.6 Å². The second-order valence-electron chi connectivity index (χ2n) is 3.64. The molecule has 0 bridgehead atoms. The van der Waals surface area contributed by atoms with Gasteiger partial charge in [-0.3, -0.25) is 0 Å². The van der Waals surface area contributed by atoms with E-state index >= 15 is 0 Å². The van der Waals surface area contributed by atoms with Gasteiger partial charge in [0.15, 0.2) is 5.16 Å². The summed E-state index contributed by atoms with van der Waals surface area (Å²) in [7, 11) is 0. The molecule has 0 unspecified atom stereocenters. The Morgan fingerprint density at radius 2 is 2.24 bits per heavy atom. The maximum absolute atomic E-state index is 5.57. The summed E-state index contributed by atoms with van der Waals surface area (Å²) in [6.45, 7) is 5.31. The molecule has 2 aromatic heterocycles. The Labute approximate surface area is 108 Å². The molecule has 0 aliphatic rings. The quantitative estimate of drug-likeness (QED) is 0.835. The molecule has 0 spiro atoms. The molecule has 92 valence electrons. The zero-order valence-corrected chi connectivity index (χ0v) is 11.5. The number of nitrogens with two attached hydrogens (primary N) is 1. The Hall–Kier alpha value is -0.920. The minimum atomic E-state index is 0.600. The first-order chi connectivity index (χ1) is 8.20. The van der Waals surface area contributed by atoms with Crippen molar-refractivity contribution in [1.29, 1.82) is 0 Å². The van der Waals surface area contributed by atoms with Gasteiger partial charge in [-0.2, -0.15) is 0 Å². The van der Waals surface area contributed by atoms with Crippen molar-refractivity contribution in [2.24, 2.45) is 5.73 Å². The molecule has 2 N–H and O–H groups in total. The van der Waals surface area contributed by atoms with Crippen molar-refractivity contribution in [3.05, 3.63) is 21.9 Å². The zero-order valence-electron chi connectivity index (χ0n) is 9.88. The van der Waals surface area contributed by atoms with E-state index in [2.05, 4.69) is 20.6 Å². The van der Waals surface area contributed by atoms with Crippen LogP contribution >= 0.6 is 23.1 Å². The Morgan fingerprint density at radius 3 is 2.88 bits per heavy atom. The van der Waals surface area contributed by atoms with E-state index in [4.69, 9.17) is 5.73 Å². The van der Waals surface area contributed by atoms with E-state index in [1.54, 1.807) is 23.1 Å². The first-order valence-electron chi connectivity index (χ1n) is 5.34. The number of thiazole rings is 1. The fourth-order valence-electron chi connectivity index (χ4n) is 1.45. The minimum absolute atomic E-state index is 0.600. The van der Waals surface area contributed by atoms with Gasteiger partial charge in [0.05, 0.1) is 5.75 Å². The van der Waals surface area contributed by atoms with Gasteiger partial charge in [-0.15, -0.1) is 21.5 Å². The Balaban J connectivity index is 2.03. The highest BCUT2D eigenvalue weighted by atomic mass is 32.2. The van der Waals surface area contributed by atoms with Gasteiger partial charge in [0.25, 0.3) is 0 Å². The molecule has 0 saturated heterocycles. The lowest BCUT2D eigenvalue weighted by molar-refractivity contribution is 0.627. The maximum atomic E-state index is 5.57. The van der Waals surface area contributed by atoms with Crippen molar-refractivity contribution in [3.8, 4) is 0 Å². The second kappa shape index (κ2) is 5.61. The van der Waals surface area contributed by atoms with E-state index < -0.39 is 0 Å². The van der Waals surface area contributed by atoms with Gasteiger partial charge in [0.1, 0.15) is 10.8 Å². The first kappa shape index (κ1) is 12.5. The SMILES string of the molecule is Cc1csc(CSc2nnc(C)n2CCN)n1. The largest absolute Gasteiger partial charge is 0.329 e.